The molecule has 1 unspecified atom stereocenters. The van der Waals surface area contributed by atoms with Crippen molar-refractivity contribution >= 4 is 5.78 Å². The van der Waals surface area contributed by atoms with E-state index >= 15 is 0 Å². The zero-order valence-electron chi connectivity index (χ0n) is 13.0. The van der Waals surface area contributed by atoms with E-state index in [1.54, 1.807) is 12.2 Å². The molecule has 0 heterocycles. The van der Waals surface area contributed by atoms with Crippen molar-refractivity contribution in [3.8, 4) is 0 Å². The van der Waals surface area contributed by atoms with Crippen LogP contribution in [0.15, 0.2) is 48.1 Å². The summed E-state index contributed by atoms with van der Waals surface area (Å²) in [5.74, 6) is -0.0417. The highest BCUT2D eigenvalue weighted by Gasteiger charge is 2.20. The van der Waals surface area contributed by atoms with Crippen molar-refractivity contribution in [1.82, 2.24) is 0 Å². The lowest BCUT2D eigenvalue weighted by molar-refractivity contribution is -0.113. The van der Waals surface area contributed by atoms with Crippen LogP contribution in [0, 0.1) is 0 Å². The number of aliphatic hydroxyl groups excluding tert-OH is 1. The molecule has 0 amide bonds. The predicted octanol–water partition coefficient (Wildman–Crippen LogP) is 4.38. The molecule has 0 saturated heterocycles. The van der Waals surface area contributed by atoms with Crippen LogP contribution in [0.4, 0.5) is 0 Å². The highest BCUT2D eigenvalue weighted by molar-refractivity contribution is 5.96. The monoisotopic (exact) mass is 264 g/mol. The van der Waals surface area contributed by atoms with Crippen LogP contribution < -0.4 is 0 Å². The largest absolute Gasteiger partial charge is 0.388 e. The van der Waals surface area contributed by atoms with Gasteiger partial charge in [-0.2, -0.15) is 0 Å². The van der Waals surface area contributed by atoms with Gasteiger partial charge in [-0.25, -0.2) is 0 Å². The Kier molecular flexibility index (Phi) is 12.2. The number of aliphatic hydroxyl groups is 1. The summed E-state index contributed by atoms with van der Waals surface area (Å²) >= 11 is 0. The van der Waals surface area contributed by atoms with E-state index in [1.165, 1.54) is 13.0 Å². The van der Waals surface area contributed by atoms with Gasteiger partial charge in [-0.1, -0.05) is 53.0 Å². The van der Waals surface area contributed by atoms with Crippen LogP contribution in [0.1, 0.15) is 47.5 Å². The standard InChI is InChI=1S/C13H16O2.2C2H6/c1-4-10-6-7-13(15)12(10)8-11(5-2)9(3)14;2*1-2/h4-5,8,13,15H,1-2,6-7H2,3H3;2*1-2H3/b11-8+;;. The lowest BCUT2D eigenvalue weighted by Gasteiger charge is -2.05. The van der Waals surface area contributed by atoms with Gasteiger partial charge in [0.05, 0.1) is 6.10 Å². The maximum atomic E-state index is 11.2. The lowest BCUT2D eigenvalue weighted by Crippen LogP contribution is -2.04. The van der Waals surface area contributed by atoms with E-state index in [9.17, 15) is 9.90 Å². The third kappa shape index (κ3) is 6.35. The summed E-state index contributed by atoms with van der Waals surface area (Å²) in [7, 11) is 0. The second kappa shape index (κ2) is 11.7. The van der Waals surface area contributed by atoms with E-state index in [0.717, 1.165) is 17.6 Å². The van der Waals surface area contributed by atoms with Crippen LogP contribution in [0.25, 0.3) is 0 Å². The Bertz CT molecular complexity index is 359. The van der Waals surface area contributed by atoms with Crippen LogP contribution in [-0.4, -0.2) is 17.0 Å². The minimum atomic E-state index is -0.479. The van der Waals surface area contributed by atoms with E-state index in [0.29, 0.717) is 12.0 Å². The molecule has 0 radical (unpaired) electrons. The number of ketones is 1. The summed E-state index contributed by atoms with van der Waals surface area (Å²) < 4.78 is 0. The molecule has 2 heteroatoms. The molecule has 0 fully saturated rings. The first-order valence-corrected chi connectivity index (χ1v) is 6.98. The zero-order valence-corrected chi connectivity index (χ0v) is 13.0. The summed E-state index contributed by atoms with van der Waals surface area (Å²) in [6.07, 6.45) is 6.01. The number of rotatable bonds is 4. The second-order valence-corrected chi connectivity index (χ2v) is 3.60. The number of carbonyl (C=O) groups is 1. The van der Waals surface area contributed by atoms with E-state index in [2.05, 4.69) is 13.2 Å². The van der Waals surface area contributed by atoms with Gasteiger partial charge in [0, 0.05) is 5.57 Å². The molecule has 1 N–H and O–H groups in total. The highest BCUT2D eigenvalue weighted by Crippen LogP contribution is 2.29. The quantitative estimate of drug-likeness (QED) is 0.604. The Morgan fingerprint density at radius 3 is 2.16 bits per heavy atom. The number of Topliss-reactive ketones (excluding diaryl/α,β-unsaturated/α-hetero) is 1. The number of hydrogen-bond donors (Lipinski definition) is 1. The minimum Gasteiger partial charge on any atom is -0.388 e. The van der Waals surface area contributed by atoms with Crippen LogP contribution >= 0.6 is 0 Å². The van der Waals surface area contributed by atoms with Gasteiger partial charge in [-0.05, 0) is 37.0 Å². The maximum absolute atomic E-state index is 11.2. The molecule has 108 valence electrons. The van der Waals surface area contributed by atoms with Gasteiger partial charge in [0.15, 0.2) is 5.78 Å². The molecule has 19 heavy (non-hydrogen) atoms. The summed E-state index contributed by atoms with van der Waals surface area (Å²) in [5.41, 5.74) is 2.35. The van der Waals surface area contributed by atoms with Crippen LogP contribution in [0.3, 0.4) is 0 Å². The van der Waals surface area contributed by atoms with Crippen LogP contribution in [-0.2, 0) is 4.79 Å². The molecule has 2 nitrogen and oxygen atoms in total. The first-order chi connectivity index (χ1) is 9.10. The smallest absolute Gasteiger partial charge is 0.159 e. The van der Waals surface area contributed by atoms with Gasteiger partial charge >= 0.3 is 0 Å². The predicted molar refractivity (Wildman–Crippen MR) is 84.1 cm³/mol. The van der Waals surface area contributed by atoms with Crippen LogP contribution in [0.2, 0.25) is 0 Å². The molecule has 1 aliphatic rings. The Morgan fingerprint density at radius 1 is 1.26 bits per heavy atom. The van der Waals surface area contributed by atoms with Gasteiger partial charge < -0.3 is 5.11 Å². The van der Waals surface area contributed by atoms with Gasteiger partial charge in [0.1, 0.15) is 0 Å². The molecule has 1 rings (SSSR count). The average Bonchev–Trinajstić information content (AvgIpc) is 2.80. The molecular formula is C17H28O2. The van der Waals surface area contributed by atoms with Crippen molar-refractivity contribution in [3.63, 3.8) is 0 Å². The summed E-state index contributed by atoms with van der Waals surface area (Å²) in [4.78, 5) is 11.2. The fraction of sp³-hybridized carbons (Fsp3) is 0.471. The highest BCUT2D eigenvalue weighted by atomic mass is 16.3. The van der Waals surface area contributed by atoms with Crippen LogP contribution in [0.5, 0.6) is 0 Å². The molecule has 0 bridgehead atoms. The minimum absolute atomic E-state index is 0.0417. The molecule has 1 atom stereocenters. The zero-order chi connectivity index (χ0) is 15.4. The summed E-state index contributed by atoms with van der Waals surface area (Å²) in [6.45, 7) is 16.8. The molecule has 0 aromatic carbocycles. The van der Waals surface area contributed by atoms with E-state index in [1.807, 2.05) is 27.7 Å². The molecular weight excluding hydrogens is 236 g/mol. The fourth-order valence-electron chi connectivity index (χ4n) is 1.69. The first kappa shape index (κ1) is 19.9. The molecule has 1 aliphatic carbocycles. The van der Waals surface area contributed by atoms with Gasteiger partial charge in [-0.3, -0.25) is 4.79 Å². The topological polar surface area (TPSA) is 37.3 Å². The molecule has 0 aromatic rings. The fourth-order valence-corrected chi connectivity index (χ4v) is 1.69. The van der Waals surface area contributed by atoms with Gasteiger partial charge in [0.25, 0.3) is 0 Å². The third-order valence-electron chi connectivity index (χ3n) is 2.60. The normalized spacial score (nSPS) is 17.8. The summed E-state index contributed by atoms with van der Waals surface area (Å²) in [6, 6.07) is 0. The Balaban J connectivity index is 0. The Hall–Kier alpha value is -1.41. The maximum Gasteiger partial charge on any atom is 0.159 e. The number of allylic oxidation sites excluding steroid dienone is 4. The van der Waals surface area contributed by atoms with Crippen molar-refractivity contribution in [3.05, 3.63) is 48.1 Å². The van der Waals surface area contributed by atoms with Gasteiger partial charge in [0.2, 0.25) is 0 Å². The van der Waals surface area contributed by atoms with E-state index < -0.39 is 6.10 Å². The SMILES string of the molecule is C=CC1=C(/C=C(\C=C)C(C)=O)C(O)CC1.CC.CC. The Morgan fingerprint density at radius 2 is 1.79 bits per heavy atom. The lowest BCUT2D eigenvalue weighted by atomic mass is 10.0. The van der Waals surface area contributed by atoms with Crippen molar-refractivity contribution in [2.45, 2.75) is 53.6 Å². The molecule has 0 saturated carbocycles. The first-order valence-electron chi connectivity index (χ1n) is 6.98. The molecule has 0 aromatic heterocycles. The summed E-state index contributed by atoms with van der Waals surface area (Å²) in [5, 5.41) is 9.72. The third-order valence-corrected chi connectivity index (χ3v) is 2.60. The second-order valence-electron chi connectivity index (χ2n) is 3.60. The van der Waals surface area contributed by atoms with Gasteiger partial charge in [-0.15, -0.1) is 0 Å². The van der Waals surface area contributed by atoms with Crippen molar-refractivity contribution < 1.29 is 9.90 Å². The van der Waals surface area contributed by atoms with Crippen molar-refractivity contribution in [1.29, 1.82) is 0 Å². The Labute approximate surface area is 118 Å². The van der Waals surface area contributed by atoms with E-state index in [-0.39, 0.29) is 5.78 Å². The van der Waals surface area contributed by atoms with Crippen molar-refractivity contribution in [2.75, 3.05) is 0 Å². The average molecular weight is 264 g/mol. The molecule has 0 spiro atoms. The number of carbonyl (C=O) groups excluding carboxylic acids is 1. The number of hydrogen-bond acceptors (Lipinski definition) is 2. The van der Waals surface area contributed by atoms with Crippen molar-refractivity contribution in [2.24, 2.45) is 0 Å². The van der Waals surface area contributed by atoms with E-state index in [4.69, 9.17) is 0 Å². The molecule has 0 aliphatic heterocycles.